The predicted octanol–water partition coefficient (Wildman–Crippen LogP) is 0.975. The second-order valence-corrected chi connectivity index (χ2v) is 3.77. The fourth-order valence-electron chi connectivity index (χ4n) is 1.32. The van der Waals surface area contributed by atoms with Crippen LogP contribution in [-0.2, 0) is 9.53 Å². The number of ether oxygens (including phenoxy) is 1. The Morgan fingerprint density at radius 2 is 2.27 bits per heavy atom. The molecule has 0 spiro atoms. The van der Waals surface area contributed by atoms with Gasteiger partial charge in [0, 0.05) is 0 Å². The van der Waals surface area contributed by atoms with Crippen molar-refractivity contribution in [1.29, 1.82) is 0 Å². The number of esters is 1. The van der Waals surface area contributed by atoms with Crippen LogP contribution >= 0.6 is 15.9 Å². The first-order valence-corrected chi connectivity index (χ1v) is 4.52. The molecule has 0 N–H and O–H groups in total. The Bertz CT molecular complexity index is 163. The number of nitrogens with zero attached hydrogens (tertiary/aromatic N) is 1. The van der Waals surface area contributed by atoms with Gasteiger partial charge < -0.3 is 4.74 Å². The molecule has 0 saturated carbocycles. The maximum absolute atomic E-state index is 11.1. The molecular formula is C7H12BrNO2. The molecule has 4 heteroatoms. The number of alkyl halides is 1. The monoisotopic (exact) mass is 221 g/mol. The molecule has 0 bridgehead atoms. The van der Waals surface area contributed by atoms with Gasteiger partial charge in [-0.1, -0.05) is 15.9 Å². The molecule has 1 rings (SSSR count). The maximum Gasteiger partial charge on any atom is 0.323 e. The lowest BCUT2D eigenvalue weighted by atomic mass is 10.2. The highest BCUT2D eigenvalue weighted by Gasteiger charge is 2.34. The van der Waals surface area contributed by atoms with Crippen LogP contribution in [0.25, 0.3) is 0 Å². The van der Waals surface area contributed by atoms with E-state index in [1.165, 1.54) is 7.11 Å². The Labute approximate surface area is 74.8 Å². The van der Waals surface area contributed by atoms with Crippen molar-refractivity contribution >= 4 is 21.9 Å². The first-order valence-electron chi connectivity index (χ1n) is 3.60. The van der Waals surface area contributed by atoms with Crippen LogP contribution < -0.4 is 0 Å². The van der Waals surface area contributed by atoms with E-state index in [0.717, 1.165) is 12.8 Å². The van der Waals surface area contributed by atoms with E-state index < -0.39 is 0 Å². The van der Waals surface area contributed by atoms with Crippen LogP contribution in [0.5, 0.6) is 0 Å². The van der Waals surface area contributed by atoms with Gasteiger partial charge in [-0.25, -0.2) is 0 Å². The highest BCUT2D eigenvalue weighted by Crippen LogP contribution is 2.26. The van der Waals surface area contributed by atoms with Gasteiger partial charge in [-0.2, -0.15) is 0 Å². The first kappa shape index (κ1) is 9.00. The largest absolute Gasteiger partial charge is 0.468 e. The number of hydrogen-bond donors (Lipinski definition) is 0. The summed E-state index contributed by atoms with van der Waals surface area (Å²) in [5.74, 6) is -0.130. The molecule has 64 valence electrons. The molecule has 1 aliphatic heterocycles. The third-order valence-corrected chi connectivity index (χ3v) is 3.19. The summed E-state index contributed by atoms with van der Waals surface area (Å²) < 4.78 is 4.65. The number of carbonyl (C=O) groups is 1. The third-order valence-electron chi connectivity index (χ3n) is 2.09. The highest BCUT2D eigenvalue weighted by molar-refractivity contribution is 9.09. The van der Waals surface area contributed by atoms with Crippen LogP contribution in [-0.4, -0.2) is 36.0 Å². The van der Waals surface area contributed by atoms with Gasteiger partial charge in [0.25, 0.3) is 0 Å². The Morgan fingerprint density at radius 3 is 2.64 bits per heavy atom. The van der Waals surface area contributed by atoms with Gasteiger partial charge in [0.05, 0.1) is 12.1 Å². The fourth-order valence-corrected chi connectivity index (χ4v) is 1.87. The zero-order chi connectivity index (χ0) is 8.43. The number of hydrogen-bond acceptors (Lipinski definition) is 3. The van der Waals surface area contributed by atoms with Crippen molar-refractivity contribution < 1.29 is 9.53 Å². The molecule has 0 aromatic carbocycles. The molecule has 11 heavy (non-hydrogen) atoms. The molecule has 1 aliphatic rings. The topological polar surface area (TPSA) is 29.5 Å². The molecule has 1 saturated heterocycles. The molecule has 2 unspecified atom stereocenters. The molecule has 3 nitrogen and oxygen atoms in total. The summed E-state index contributed by atoms with van der Waals surface area (Å²) in [7, 11) is 3.35. The molecule has 1 fully saturated rings. The van der Waals surface area contributed by atoms with Crippen LogP contribution in [0.1, 0.15) is 12.8 Å². The van der Waals surface area contributed by atoms with Gasteiger partial charge in [-0.05, 0) is 19.9 Å². The third kappa shape index (κ3) is 1.73. The van der Waals surface area contributed by atoms with Crippen molar-refractivity contribution in [2.75, 3.05) is 14.2 Å². The molecular weight excluding hydrogens is 210 g/mol. The SMILES string of the molecule is COC(=O)C1CCC(Br)N1C. The molecule has 1 heterocycles. The van der Waals surface area contributed by atoms with Gasteiger partial charge in [-0.3, -0.25) is 9.69 Å². The van der Waals surface area contributed by atoms with Crippen LogP contribution in [0.2, 0.25) is 0 Å². The minimum Gasteiger partial charge on any atom is -0.468 e. The summed E-state index contributed by atoms with van der Waals surface area (Å²) >= 11 is 3.46. The van der Waals surface area contributed by atoms with Crippen molar-refractivity contribution in [1.82, 2.24) is 4.90 Å². The lowest BCUT2D eigenvalue weighted by molar-refractivity contribution is -0.145. The van der Waals surface area contributed by atoms with Crippen LogP contribution in [0.3, 0.4) is 0 Å². The van der Waals surface area contributed by atoms with E-state index in [-0.39, 0.29) is 12.0 Å². The fraction of sp³-hybridized carbons (Fsp3) is 0.857. The van der Waals surface area contributed by atoms with E-state index >= 15 is 0 Å². The standard InChI is InChI=1S/C7H12BrNO2/c1-9-5(7(10)11-2)3-4-6(9)8/h5-6H,3-4H2,1-2H3. The highest BCUT2D eigenvalue weighted by atomic mass is 79.9. The van der Waals surface area contributed by atoms with Gasteiger partial charge in [-0.15, -0.1) is 0 Å². The van der Waals surface area contributed by atoms with Crippen molar-refractivity contribution in [3.8, 4) is 0 Å². The Kier molecular flexibility index (Phi) is 2.90. The molecule has 0 aromatic heterocycles. The Hall–Kier alpha value is -0.0900. The second-order valence-electron chi connectivity index (χ2n) is 2.72. The lowest BCUT2D eigenvalue weighted by Gasteiger charge is -2.19. The zero-order valence-corrected chi connectivity index (χ0v) is 8.30. The van der Waals surface area contributed by atoms with Crippen molar-refractivity contribution in [3.63, 3.8) is 0 Å². The summed E-state index contributed by atoms with van der Waals surface area (Å²) in [6, 6.07) is -0.0515. The second kappa shape index (κ2) is 3.54. The normalized spacial score (nSPS) is 32.3. The number of likely N-dealkylation sites (N-methyl/N-ethyl adjacent to an activating group) is 1. The molecule has 2 atom stereocenters. The average Bonchev–Trinajstić information content (AvgIpc) is 2.32. The quantitative estimate of drug-likeness (QED) is 0.376. The van der Waals surface area contributed by atoms with E-state index in [1.54, 1.807) is 0 Å². The maximum atomic E-state index is 11.1. The number of halogens is 1. The molecule has 0 aromatic rings. The average molecular weight is 222 g/mol. The number of methoxy groups -OCH3 is 1. The Balaban J connectivity index is 2.54. The van der Waals surface area contributed by atoms with E-state index in [4.69, 9.17) is 0 Å². The summed E-state index contributed by atoms with van der Waals surface area (Å²) in [6.45, 7) is 0. The number of carbonyl (C=O) groups excluding carboxylic acids is 1. The van der Waals surface area contributed by atoms with Gasteiger partial charge in [0.1, 0.15) is 6.04 Å². The first-order chi connectivity index (χ1) is 5.16. The summed E-state index contributed by atoms with van der Waals surface area (Å²) in [6.07, 6.45) is 1.90. The molecule has 0 amide bonds. The molecule has 0 radical (unpaired) electrons. The van der Waals surface area contributed by atoms with Crippen molar-refractivity contribution in [3.05, 3.63) is 0 Å². The minimum absolute atomic E-state index is 0.0515. The van der Waals surface area contributed by atoms with E-state index in [1.807, 2.05) is 11.9 Å². The van der Waals surface area contributed by atoms with Gasteiger partial charge >= 0.3 is 5.97 Å². The predicted molar refractivity (Wildman–Crippen MR) is 45.5 cm³/mol. The van der Waals surface area contributed by atoms with Gasteiger partial charge in [0.2, 0.25) is 0 Å². The lowest BCUT2D eigenvalue weighted by Crippen LogP contribution is -2.36. The number of likely N-dealkylation sites (tertiary alicyclic amines) is 1. The Morgan fingerprint density at radius 1 is 1.64 bits per heavy atom. The van der Waals surface area contributed by atoms with E-state index in [2.05, 4.69) is 20.7 Å². The number of rotatable bonds is 1. The van der Waals surface area contributed by atoms with Crippen LogP contribution in [0.15, 0.2) is 0 Å². The molecule has 0 aliphatic carbocycles. The van der Waals surface area contributed by atoms with Crippen molar-refractivity contribution in [2.24, 2.45) is 0 Å². The summed E-state index contributed by atoms with van der Waals surface area (Å²) in [5.41, 5.74) is 0. The van der Waals surface area contributed by atoms with E-state index in [0.29, 0.717) is 4.95 Å². The van der Waals surface area contributed by atoms with E-state index in [9.17, 15) is 4.79 Å². The smallest absolute Gasteiger partial charge is 0.323 e. The van der Waals surface area contributed by atoms with Crippen molar-refractivity contribution in [2.45, 2.75) is 23.8 Å². The van der Waals surface area contributed by atoms with Crippen LogP contribution in [0, 0.1) is 0 Å². The van der Waals surface area contributed by atoms with Gasteiger partial charge in [0.15, 0.2) is 0 Å². The van der Waals surface area contributed by atoms with Crippen LogP contribution in [0.4, 0.5) is 0 Å². The minimum atomic E-state index is -0.130. The zero-order valence-electron chi connectivity index (χ0n) is 6.71. The summed E-state index contributed by atoms with van der Waals surface area (Å²) in [5, 5.41) is 0. The summed E-state index contributed by atoms with van der Waals surface area (Å²) in [4.78, 5) is 13.4.